The summed E-state index contributed by atoms with van der Waals surface area (Å²) >= 11 is 6.20. The molecule has 126 valence electrons. The molecule has 0 saturated heterocycles. The van der Waals surface area contributed by atoms with Crippen molar-refractivity contribution in [3.05, 3.63) is 52.5 Å². The number of carbonyl (C=O) groups excluding carboxylic acids is 1. The zero-order chi connectivity index (χ0) is 16.9. The lowest BCUT2D eigenvalue weighted by molar-refractivity contribution is 0.0526. The maximum atomic E-state index is 11.6. The number of hydrogen-bond acceptors (Lipinski definition) is 5. The van der Waals surface area contributed by atoms with Crippen molar-refractivity contribution >= 4 is 17.6 Å². The van der Waals surface area contributed by atoms with E-state index >= 15 is 0 Å². The Balaban J connectivity index is 1.65. The van der Waals surface area contributed by atoms with Crippen LogP contribution in [0.25, 0.3) is 0 Å². The van der Waals surface area contributed by atoms with Crippen LogP contribution in [0.4, 0.5) is 0 Å². The van der Waals surface area contributed by atoms with Crippen molar-refractivity contribution < 1.29 is 23.7 Å². The Hall–Kier alpha value is -2.40. The maximum Gasteiger partial charge on any atom is 0.338 e. The normalized spacial score (nSPS) is 12.6. The average molecular weight is 349 g/mol. The number of carbonyl (C=O) groups is 1. The van der Waals surface area contributed by atoms with Gasteiger partial charge in [-0.2, -0.15) is 0 Å². The molecule has 5 nitrogen and oxygen atoms in total. The first-order valence-electron chi connectivity index (χ1n) is 7.65. The molecule has 0 saturated carbocycles. The molecule has 0 amide bonds. The van der Waals surface area contributed by atoms with E-state index in [-0.39, 0.29) is 5.97 Å². The van der Waals surface area contributed by atoms with Gasteiger partial charge >= 0.3 is 5.97 Å². The Morgan fingerprint density at radius 1 is 1.17 bits per heavy atom. The highest BCUT2D eigenvalue weighted by Gasteiger charge is 2.16. The zero-order valence-electron chi connectivity index (χ0n) is 13.2. The van der Waals surface area contributed by atoms with Crippen LogP contribution in [0.1, 0.15) is 22.8 Å². The predicted octanol–water partition coefficient (Wildman–Crippen LogP) is 3.87. The molecule has 0 N–H and O–H groups in total. The maximum absolute atomic E-state index is 11.6. The highest BCUT2D eigenvalue weighted by Crippen LogP contribution is 2.38. The van der Waals surface area contributed by atoms with Crippen LogP contribution >= 0.6 is 11.6 Å². The summed E-state index contributed by atoms with van der Waals surface area (Å²) in [5.74, 6) is 1.51. The van der Waals surface area contributed by atoms with E-state index in [9.17, 15) is 4.79 Å². The molecule has 0 radical (unpaired) electrons. The zero-order valence-corrected chi connectivity index (χ0v) is 14.0. The van der Waals surface area contributed by atoms with Crippen molar-refractivity contribution in [1.82, 2.24) is 0 Å². The predicted molar refractivity (Wildman–Crippen MR) is 89.2 cm³/mol. The summed E-state index contributed by atoms with van der Waals surface area (Å²) in [6.07, 6.45) is 0. The van der Waals surface area contributed by atoms with E-state index in [1.165, 1.54) is 0 Å². The molecule has 1 aliphatic heterocycles. The monoisotopic (exact) mass is 348 g/mol. The number of esters is 1. The number of halogens is 1. The fraction of sp³-hybridized carbons (Fsp3) is 0.278. The molecule has 0 fully saturated rings. The van der Waals surface area contributed by atoms with Crippen LogP contribution in [0.2, 0.25) is 5.02 Å². The van der Waals surface area contributed by atoms with E-state index < -0.39 is 0 Å². The summed E-state index contributed by atoms with van der Waals surface area (Å²) in [4.78, 5) is 11.6. The summed E-state index contributed by atoms with van der Waals surface area (Å²) in [7, 11) is 0. The Morgan fingerprint density at radius 2 is 1.92 bits per heavy atom. The second-order valence-corrected chi connectivity index (χ2v) is 5.54. The molecule has 0 atom stereocenters. The van der Waals surface area contributed by atoms with E-state index in [2.05, 4.69) is 0 Å². The lowest BCUT2D eigenvalue weighted by Gasteiger charge is -2.20. The smallest absolute Gasteiger partial charge is 0.338 e. The molecular weight excluding hydrogens is 332 g/mol. The molecule has 1 heterocycles. The highest BCUT2D eigenvalue weighted by atomic mass is 35.5. The van der Waals surface area contributed by atoms with Gasteiger partial charge in [0, 0.05) is 0 Å². The van der Waals surface area contributed by atoms with Crippen LogP contribution in [0.15, 0.2) is 36.4 Å². The minimum atomic E-state index is -0.345. The fourth-order valence-electron chi connectivity index (χ4n) is 2.32. The van der Waals surface area contributed by atoms with Gasteiger partial charge < -0.3 is 18.9 Å². The SMILES string of the molecule is CCOC(=O)c1ccc(OCc2cc(Cl)c3c(c2)OCCO3)cc1. The van der Waals surface area contributed by atoms with Gasteiger partial charge in [-0.25, -0.2) is 4.79 Å². The summed E-state index contributed by atoms with van der Waals surface area (Å²) in [5, 5.41) is 0.503. The first kappa shape index (κ1) is 16.5. The molecule has 0 bridgehead atoms. The number of hydrogen-bond donors (Lipinski definition) is 0. The summed E-state index contributed by atoms with van der Waals surface area (Å²) in [5.41, 5.74) is 1.37. The molecular formula is C18H17ClO5. The minimum Gasteiger partial charge on any atom is -0.489 e. The van der Waals surface area contributed by atoms with Crippen LogP contribution in [-0.4, -0.2) is 25.8 Å². The van der Waals surface area contributed by atoms with Crippen molar-refractivity contribution in [1.29, 1.82) is 0 Å². The van der Waals surface area contributed by atoms with Gasteiger partial charge in [-0.1, -0.05) is 11.6 Å². The van der Waals surface area contributed by atoms with Crippen molar-refractivity contribution in [3.8, 4) is 17.2 Å². The van der Waals surface area contributed by atoms with Crippen molar-refractivity contribution in [2.45, 2.75) is 13.5 Å². The van der Waals surface area contributed by atoms with Crippen LogP contribution in [-0.2, 0) is 11.3 Å². The number of benzene rings is 2. The van der Waals surface area contributed by atoms with Crippen LogP contribution in [0, 0.1) is 0 Å². The molecule has 0 aromatic heterocycles. The van der Waals surface area contributed by atoms with Crippen molar-refractivity contribution in [3.63, 3.8) is 0 Å². The van der Waals surface area contributed by atoms with Gasteiger partial charge in [-0.05, 0) is 48.9 Å². The molecule has 0 spiro atoms. The second kappa shape index (κ2) is 7.45. The summed E-state index contributed by atoms with van der Waals surface area (Å²) in [6.45, 7) is 3.45. The first-order chi connectivity index (χ1) is 11.7. The Bertz CT molecular complexity index is 727. The standard InChI is InChI=1S/C18H17ClO5/c1-2-21-18(20)13-3-5-14(6-4-13)24-11-12-9-15(19)17-16(10-12)22-7-8-23-17/h3-6,9-10H,2,7-8,11H2,1H3. The lowest BCUT2D eigenvalue weighted by Crippen LogP contribution is -2.16. The molecule has 24 heavy (non-hydrogen) atoms. The minimum absolute atomic E-state index is 0.328. The largest absolute Gasteiger partial charge is 0.489 e. The lowest BCUT2D eigenvalue weighted by atomic mass is 10.2. The third-order valence-corrected chi connectivity index (χ3v) is 3.71. The van der Waals surface area contributed by atoms with Crippen LogP contribution in [0.5, 0.6) is 17.2 Å². The van der Waals surface area contributed by atoms with Crippen LogP contribution in [0.3, 0.4) is 0 Å². The van der Waals surface area contributed by atoms with E-state index in [4.69, 9.17) is 30.5 Å². The second-order valence-electron chi connectivity index (χ2n) is 5.14. The van der Waals surface area contributed by atoms with Crippen LogP contribution < -0.4 is 14.2 Å². The fourth-order valence-corrected chi connectivity index (χ4v) is 2.60. The van der Waals surface area contributed by atoms with Gasteiger partial charge in [-0.15, -0.1) is 0 Å². The quantitative estimate of drug-likeness (QED) is 0.768. The number of ether oxygens (including phenoxy) is 4. The highest BCUT2D eigenvalue weighted by molar-refractivity contribution is 6.32. The van der Waals surface area contributed by atoms with Gasteiger partial charge in [-0.3, -0.25) is 0 Å². The summed E-state index contributed by atoms with van der Waals surface area (Å²) in [6, 6.07) is 10.4. The topological polar surface area (TPSA) is 54.0 Å². The molecule has 2 aromatic rings. The Labute approximate surface area is 145 Å². The average Bonchev–Trinajstić information content (AvgIpc) is 2.61. The van der Waals surface area contributed by atoms with Gasteiger partial charge in [0.25, 0.3) is 0 Å². The van der Waals surface area contributed by atoms with E-state index in [0.717, 1.165) is 5.56 Å². The van der Waals surface area contributed by atoms with Gasteiger partial charge in [0.1, 0.15) is 25.6 Å². The third-order valence-electron chi connectivity index (χ3n) is 3.43. The van der Waals surface area contributed by atoms with Crippen molar-refractivity contribution in [2.24, 2.45) is 0 Å². The van der Waals surface area contributed by atoms with Gasteiger partial charge in [0.2, 0.25) is 0 Å². The van der Waals surface area contributed by atoms with E-state index in [1.54, 1.807) is 37.3 Å². The molecule has 1 aliphatic rings. The van der Waals surface area contributed by atoms with Crippen molar-refractivity contribution in [2.75, 3.05) is 19.8 Å². The van der Waals surface area contributed by atoms with Gasteiger partial charge in [0.05, 0.1) is 17.2 Å². The van der Waals surface area contributed by atoms with E-state index in [1.807, 2.05) is 6.07 Å². The Morgan fingerprint density at radius 3 is 2.67 bits per heavy atom. The third kappa shape index (κ3) is 3.74. The number of fused-ring (bicyclic) bond motifs is 1. The molecule has 6 heteroatoms. The van der Waals surface area contributed by atoms with E-state index in [0.29, 0.717) is 54.3 Å². The molecule has 0 aliphatic carbocycles. The molecule has 2 aromatic carbocycles. The molecule has 3 rings (SSSR count). The summed E-state index contributed by atoms with van der Waals surface area (Å²) < 4.78 is 21.7. The Kier molecular flexibility index (Phi) is 5.11. The number of rotatable bonds is 5. The first-order valence-corrected chi connectivity index (χ1v) is 8.03. The van der Waals surface area contributed by atoms with Gasteiger partial charge in [0.15, 0.2) is 11.5 Å². The molecule has 0 unspecified atom stereocenters.